The Morgan fingerprint density at radius 3 is 2.42 bits per heavy atom. The van der Waals surface area contributed by atoms with E-state index >= 15 is 0 Å². The monoisotopic (exact) mass is 316 g/mol. The minimum Gasteiger partial charge on any atom is -0.322 e. The van der Waals surface area contributed by atoms with Crippen LogP contribution in [-0.2, 0) is 6.42 Å². The Morgan fingerprint density at radius 2 is 1.71 bits per heavy atom. The van der Waals surface area contributed by atoms with E-state index in [2.05, 4.69) is 23.3 Å². The van der Waals surface area contributed by atoms with Crippen molar-refractivity contribution in [3.05, 3.63) is 84.1 Å². The zero-order chi connectivity index (χ0) is 16.8. The molecule has 1 amide bonds. The van der Waals surface area contributed by atoms with Gasteiger partial charge in [-0.05, 0) is 42.3 Å². The molecule has 0 unspecified atom stereocenters. The number of hydrogen-bond donors (Lipinski definition) is 1. The van der Waals surface area contributed by atoms with Gasteiger partial charge in [-0.25, -0.2) is 0 Å². The predicted molar refractivity (Wildman–Crippen MR) is 98.1 cm³/mol. The van der Waals surface area contributed by atoms with Gasteiger partial charge in [0.2, 0.25) is 0 Å². The molecule has 24 heavy (non-hydrogen) atoms. The predicted octanol–water partition coefficient (Wildman–Crippen LogP) is 4.95. The summed E-state index contributed by atoms with van der Waals surface area (Å²) >= 11 is 0. The van der Waals surface area contributed by atoms with E-state index in [0.29, 0.717) is 5.56 Å². The summed E-state index contributed by atoms with van der Waals surface area (Å²) in [4.78, 5) is 16.8. The van der Waals surface area contributed by atoms with E-state index in [0.717, 1.165) is 29.8 Å². The minimum absolute atomic E-state index is 0.0916. The van der Waals surface area contributed by atoms with Crippen LogP contribution in [0.5, 0.6) is 0 Å². The summed E-state index contributed by atoms with van der Waals surface area (Å²) in [6.07, 6.45) is 3.77. The molecule has 3 aromatic rings. The number of nitrogens with one attached hydrogen (secondary N) is 1. The zero-order valence-corrected chi connectivity index (χ0v) is 13.7. The summed E-state index contributed by atoms with van der Waals surface area (Å²) in [5.74, 6) is -0.0916. The molecule has 0 radical (unpaired) electrons. The molecule has 0 atom stereocenters. The molecule has 0 saturated carbocycles. The van der Waals surface area contributed by atoms with Gasteiger partial charge in [0.15, 0.2) is 0 Å². The number of carbonyl (C=O) groups is 1. The van der Waals surface area contributed by atoms with E-state index < -0.39 is 0 Å². The van der Waals surface area contributed by atoms with Crippen molar-refractivity contribution >= 4 is 11.6 Å². The Morgan fingerprint density at radius 1 is 0.958 bits per heavy atom. The summed E-state index contributed by atoms with van der Waals surface area (Å²) in [6.45, 7) is 2.13. The van der Waals surface area contributed by atoms with E-state index in [1.165, 1.54) is 5.56 Å². The van der Waals surface area contributed by atoms with Crippen molar-refractivity contribution < 1.29 is 4.79 Å². The average Bonchev–Trinajstić information content (AvgIpc) is 2.64. The quantitative estimate of drug-likeness (QED) is 0.723. The molecule has 0 bridgehead atoms. The number of aryl methyl sites for hydroxylation is 1. The molecule has 0 aliphatic heterocycles. The fraction of sp³-hybridized carbons (Fsp3) is 0.143. The first-order valence-electron chi connectivity index (χ1n) is 8.18. The van der Waals surface area contributed by atoms with Crippen LogP contribution in [0.3, 0.4) is 0 Å². The number of para-hydroxylation sites is 1. The normalized spacial score (nSPS) is 10.4. The van der Waals surface area contributed by atoms with Crippen LogP contribution in [0.1, 0.15) is 29.3 Å². The molecule has 3 rings (SSSR count). The van der Waals surface area contributed by atoms with Gasteiger partial charge >= 0.3 is 0 Å². The van der Waals surface area contributed by atoms with E-state index in [-0.39, 0.29) is 5.91 Å². The van der Waals surface area contributed by atoms with Crippen LogP contribution in [0.25, 0.3) is 11.3 Å². The molecule has 1 N–H and O–H groups in total. The molecule has 2 aromatic carbocycles. The minimum atomic E-state index is -0.0916. The molecule has 0 aliphatic carbocycles. The summed E-state index contributed by atoms with van der Waals surface area (Å²) in [6, 6.07) is 21.3. The highest BCUT2D eigenvalue weighted by atomic mass is 16.1. The third-order valence-corrected chi connectivity index (χ3v) is 3.89. The van der Waals surface area contributed by atoms with E-state index in [9.17, 15) is 4.79 Å². The number of anilines is 1. The van der Waals surface area contributed by atoms with Gasteiger partial charge in [0.25, 0.3) is 5.91 Å². The number of aromatic nitrogens is 1. The van der Waals surface area contributed by atoms with Gasteiger partial charge in [0, 0.05) is 23.0 Å². The lowest BCUT2D eigenvalue weighted by Crippen LogP contribution is -2.13. The maximum absolute atomic E-state index is 12.5. The molecular formula is C21H20N2O. The lowest BCUT2D eigenvalue weighted by molar-refractivity contribution is 0.102. The number of pyridine rings is 1. The van der Waals surface area contributed by atoms with Crippen LogP contribution in [0.2, 0.25) is 0 Å². The second-order valence-corrected chi connectivity index (χ2v) is 5.65. The molecule has 0 spiro atoms. The summed E-state index contributed by atoms with van der Waals surface area (Å²) in [5.41, 5.74) is 4.59. The largest absolute Gasteiger partial charge is 0.322 e. The lowest BCUT2D eigenvalue weighted by atomic mass is 10.1. The Kier molecular flexibility index (Phi) is 5.02. The zero-order valence-electron chi connectivity index (χ0n) is 13.7. The first-order chi connectivity index (χ1) is 11.8. The maximum Gasteiger partial charge on any atom is 0.255 e. The molecule has 0 aliphatic rings. The van der Waals surface area contributed by atoms with Crippen LogP contribution in [0, 0.1) is 0 Å². The first kappa shape index (κ1) is 15.9. The van der Waals surface area contributed by atoms with Crippen LogP contribution in [-0.4, -0.2) is 10.9 Å². The molecule has 3 nitrogen and oxygen atoms in total. The summed E-state index contributed by atoms with van der Waals surface area (Å²) < 4.78 is 0. The SMILES string of the molecule is CCCc1ccccc1NC(=O)c1ccc(-c2ccccn2)cc1. The number of amides is 1. The Bertz CT molecular complexity index is 811. The Labute approximate surface area is 142 Å². The van der Waals surface area contributed by atoms with Crippen molar-refractivity contribution in [3.8, 4) is 11.3 Å². The van der Waals surface area contributed by atoms with E-state index in [1.54, 1.807) is 6.20 Å². The standard InChI is InChI=1S/C21H20N2O/c1-2-7-16-8-3-4-10-20(16)23-21(24)18-13-11-17(12-14-18)19-9-5-6-15-22-19/h3-6,8-15H,2,7H2,1H3,(H,23,24). The number of carbonyl (C=O) groups excluding carboxylic acids is 1. The second-order valence-electron chi connectivity index (χ2n) is 5.65. The van der Waals surface area contributed by atoms with E-state index in [1.807, 2.05) is 60.7 Å². The maximum atomic E-state index is 12.5. The van der Waals surface area contributed by atoms with Gasteiger partial charge in [-0.1, -0.05) is 49.7 Å². The van der Waals surface area contributed by atoms with Crippen LogP contribution >= 0.6 is 0 Å². The second kappa shape index (κ2) is 7.55. The van der Waals surface area contributed by atoms with Crippen molar-refractivity contribution in [1.29, 1.82) is 0 Å². The van der Waals surface area contributed by atoms with Crippen LogP contribution in [0.4, 0.5) is 5.69 Å². The van der Waals surface area contributed by atoms with Gasteiger partial charge in [-0.2, -0.15) is 0 Å². The summed E-state index contributed by atoms with van der Waals surface area (Å²) in [7, 11) is 0. The molecule has 120 valence electrons. The highest BCUT2D eigenvalue weighted by Gasteiger charge is 2.09. The third-order valence-electron chi connectivity index (χ3n) is 3.89. The topological polar surface area (TPSA) is 42.0 Å². The molecule has 0 saturated heterocycles. The third kappa shape index (κ3) is 3.69. The summed E-state index contributed by atoms with van der Waals surface area (Å²) in [5, 5.41) is 3.02. The lowest BCUT2D eigenvalue weighted by Gasteiger charge is -2.10. The molecule has 3 heteroatoms. The number of rotatable bonds is 5. The fourth-order valence-corrected chi connectivity index (χ4v) is 2.65. The van der Waals surface area contributed by atoms with Crippen molar-refractivity contribution in [2.45, 2.75) is 19.8 Å². The van der Waals surface area contributed by atoms with E-state index in [4.69, 9.17) is 0 Å². The highest BCUT2D eigenvalue weighted by Crippen LogP contribution is 2.20. The molecule has 1 heterocycles. The van der Waals surface area contributed by atoms with Gasteiger partial charge in [-0.15, -0.1) is 0 Å². The number of benzene rings is 2. The first-order valence-corrected chi connectivity index (χ1v) is 8.18. The number of hydrogen-bond acceptors (Lipinski definition) is 2. The van der Waals surface area contributed by atoms with Crippen molar-refractivity contribution in [2.24, 2.45) is 0 Å². The van der Waals surface area contributed by atoms with Crippen LogP contribution in [0.15, 0.2) is 72.9 Å². The Balaban J connectivity index is 1.76. The fourth-order valence-electron chi connectivity index (χ4n) is 2.65. The van der Waals surface area contributed by atoms with Gasteiger partial charge < -0.3 is 5.32 Å². The van der Waals surface area contributed by atoms with Gasteiger partial charge in [0.1, 0.15) is 0 Å². The van der Waals surface area contributed by atoms with Gasteiger partial charge in [-0.3, -0.25) is 9.78 Å². The van der Waals surface area contributed by atoms with Crippen molar-refractivity contribution in [2.75, 3.05) is 5.32 Å². The van der Waals surface area contributed by atoms with Crippen LogP contribution < -0.4 is 5.32 Å². The molecular weight excluding hydrogens is 296 g/mol. The Hall–Kier alpha value is -2.94. The number of nitrogens with zero attached hydrogens (tertiary/aromatic N) is 1. The smallest absolute Gasteiger partial charge is 0.255 e. The molecule has 1 aromatic heterocycles. The highest BCUT2D eigenvalue weighted by molar-refractivity contribution is 6.04. The van der Waals surface area contributed by atoms with Crippen molar-refractivity contribution in [1.82, 2.24) is 4.98 Å². The average molecular weight is 316 g/mol. The van der Waals surface area contributed by atoms with Crippen molar-refractivity contribution in [3.63, 3.8) is 0 Å². The van der Waals surface area contributed by atoms with Gasteiger partial charge in [0.05, 0.1) is 5.69 Å². The molecule has 0 fully saturated rings.